The van der Waals surface area contributed by atoms with E-state index >= 15 is 0 Å². The van der Waals surface area contributed by atoms with Gasteiger partial charge in [-0.2, -0.15) is 4.98 Å². The van der Waals surface area contributed by atoms with Gasteiger partial charge in [0.1, 0.15) is 5.03 Å². The third kappa shape index (κ3) is 4.53. The lowest BCUT2D eigenvalue weighted by atomic mass is 10.2. The zero-order chi connectivity index (χ0) is 17.0. The lowest BCUT2D eigenvalue weighted by molar-refractivity contribution is -0.113. The summed E-state index contributed by atoms with van der Waals surface area (Å²) in [6, 6.07) is 7.43. The average Bonchev–Trinajstić information content (AvgIpc) is 2.46. The second kappa shape index (κ2) is 7.23. The highest BCUT2D eigenvalue weighted by Gasteiger charge is 2.15. The van der Waals surface area contributed by atoms with Crippen LogP contribution in [0.2, 0.25) is 0 Å². The lowest BCUT2D eigenvalue weighted by Gasteiger charge is -2.08. The van der Waals surface area contributed by atoms with Crippen molar-refractivity contribution in [3.05, 3.63) is 51.6 Å². The molecule has 2 aromatic rings. The fourth-order valence-electron chi connectivity index (χ4n) is 2.05. The molecule has 0 saturated heterocycles. The van der Waals surface area contributed by atoms with Gasteiger partial charge in [-0.25, -0.2) is 4.79 Å². The van der Waals surface area contributed by atoms with Crippen LogP contribution in [0, 0.1) is 13.8 Å². The molecule has 1 amide bonds. The fourth-order valence-corrected chi connectivity index (χ4v) is 2.97. The van der Waals surface area contributed by atoms with Crippen LogP contribution >= 0.6 is 11.8 Å². The number of benzene rings is 1. The number of aromatic nitrogens is 2. The Labute approximate surface area is 137 Å². The SMILES string of the molecule is CC(=O)c1c(SCC(=O)Nc2ccc(C)cc2)nc(=O)[nH]c1C. The molecule has 23 heavy (non-hydrogen) atoms. The van der Waals surface area contributed by atoms with E-state index in [4.69, 9.17) is 0 Å². The summed E-state index contributed by atoms with van der Waals surface area (Å²) < 4.78 is 0. The molecule has 2 rings (SSSR count). The van der Waals surface area contributed by atoms with E-state index in [1.165, 1.54) is 6.92 Å². The maximum absolute atomic E-state index is 12.0. The summed E-state index contributed by atoms with van der Waals surface area (Å²) in [5.41, 5.74) is 2.07. The summed E-state index contributed by atoms with van der Waals surface area (Å²) >= 11 is 1.07. The minimum atomic E-state index is -0.533. The van der Waals surface area contributed by atoms with Crippen LogP contribution in [0.5, 0.6) is 0 Å². The van der Waals surface area contributed by atoms with Crippen LogP contribution in [0.3, 0.4) is 0 Å². The van der Waals surface area contributed by atoms with Gasteiger partial charge in [0.25, 0.3) is 0 Å². The standard InChI is InChI=1S/C16H17N3O3S/c1-9-4-6-12(7-5-9)18-13(21)8-23-15-14(11(3)20)10(2)17-16(22)19-15/h4-7H,8H2,1-3H3,(H,18,21)(H,17,19,22). The minimum Gasteiger partial charge on any atom is -0.325 e. The monoisotopic (exact) mass is 331 g/mol. The second-order valence-corrected chi connectivity index (χ2v) is 6.07. The van der Waals surface area contributed by atoms with Gasteiger partial charge in [0.15, 0.2) is 5.78 Å². The molecule has 0 atom stereocenters. The number of aryl methyl sites for hydroxylation is 2. The van der Waals surface area contributed by atoms with E-state index in [1.54, 1.807) is 6.92 Å². The number of ketones is 1. The molecule has 6 nitrogen and oxygen atoms in total. The normalized spacial score (nSPS) is 10.4. The third-order valence-corrected chi connectivity index (χ3v) is 4.09. The smallest absolute Gasteiger partial charge is 0.325 e. The van der Waals surface area contributed by atoms with Gasteiger partial charge in [-0.15, -0.1) is 0 Å². The van der Waals surface area contributed by atoms with Crippen molar-refractivity contribution >= 4 is 29.1 Å². The largest absolute Gasteiger partial charge is 0.346 e. The minimum absolute atomic E-state index is 0.0596. The van der Waals surface area contributed by atoms with Gasteiger partial charge in [-0.05, 0) is 32.9 Å². The Morgan fingerprint density at radius 1 is 1.22 bits per heavy atom. The first-order valence-corrected chi connectivity index (χ1v) is 7.96. The Kier molecular flexibility index (Phi) is 5.33. The van der Waals surface area contributed by atoms with Gasteiger partial charge < -0.3 is 10.3 Å². The van der Waals surface area contributed by atoms with Crippen LogP contribution in [-0.4, -0.2) is 27.4 Å². The van der Waals surface area contributed by atoms with Gasteiger partial charge in [0.2, 0.25) is 5.91 Å². The Morgan fingerprint density at radius 2 is 1.87 bits per heavy atom. The van der Waals surface area contributed by atoms with Crippen molar-refractivity contribution in [1.29, 1.82) is 0 Å². The van der Waals surface area contributed by atoms with Crippen LogP contribution in [0.1, 0.15) is 28.5 Å². The molecule has 0 spiro atoms. The number of hydrogen-bond acceptors (Lipinski definition) is 5. The molecule has 0 fully saturated rings. The summed E-state index contributed by atoms with van der Waals surface area (Å²) in [6.45, 7) is 5.00. The van der Waals surface area contributed by atoms with Crippen molar-refractivity contribution in [2.45, 2.75) is 25.8 Å². The number of carbonyl (C=O) groups is 2. The molecule has 0 aliphatic carbocycles. The van der Waals surface area contributed by atoms with E-state index in [0.717, 1.165) is 17.3 Å². The molecular formula is C16H17N3O3S. The number of nitrogens with one attached hydrogen (secondary N) is 2. The molecule has 0 unspecified atom stereocenters. The predicted octanol–water partition coefficient (Wildman–Crippen LogP) is 2.32. The van der Waals surface area contributed by atoms with Crippen molar-refractivity contribution in [2.24, 2.45) is 0 Å². The molecule has 120 valence electrons. The molecule has 2 N–H and O–H groups in total. The van der Waals surface area contributed by atoms with E-state index in [9.17, 15) is 14.4 Å². The highest BCUT2D eigenvalue weighted by molar-refractivity contribution is 8.00. The van der Waals surface area contributed by atoms with Gasteiger partial charge in [0, 0.05) is 11.4 Å². The number of H-pyrrole nitrogens is 1. The van der Waals surface area contributed by atoms with Crippen LogP contribution in [0.25, 0.3) is 0 Å². The maximum Gasteiger partial charge on any atom is 0.346 e. The quantitative estimate of drug-likeness (QED) is 0.498. The Balaban J connectivity index is 2.08. The average molecular weight is 331 g/mol. The predicted molar refractivity (Wildman–Crippen MR) is 90.1 cm³/mol. The van der Waals surface area contributed by atoms with Crippen LogP contribution in [0.15, 0.2) is 34.1 Å². The molecule has 0 radical (unpaired) electrons. The van der Waals surface area contributed by atoms with Crippen LogP contribution in [0.4, 0.5) is 5.69 Å². The zero-order valence-electron chi connectivity index (χ0n) is 13.1. The van der Waals surface area contributed by atoms with Crippen molar-refractivity contribution in [2.75, 3.05) is 11.1 Å². The second-order valence-electron chi connectivity index (χ2n) is 5.11. The summed E-state index contributed by atoms with van der Waals surface area (Å²) in [5.74, 6) is -0.370. The summed E-state index contributed by atoms with van der Waals surface area (Å²) in [5, 5.41) is 3.03. The Morgan fingerprint density at radius 3 is 2.48 bits per heavy atom. The van der Waals surface area contributed by atoms with Gasteiger partial charge >= 0.3 is 5.69 Å². The molecule has 7 heteroatoms. The molecule has 1 aromatic carbocycles. The molecule has 1 heterocycles. The topological polar surface area (TPSA) is 91.9 Å². The number of aromatic amines is 1. The van der Waals surface area contributed by atoms with E-state index in [2.05, 4.69) is 15.3 Å². The summed E-state index contributed by atoms with van der Waals surface area (Å²) in [4.78, 5) is 41.4. The highest BCUT2D eigenvalue weighted by Crippen LogP contribution is 2.21. The van der Waals surface area contributed by atoms with Gasteiger partial charge in [-0.3, -0.25) is 9.59 Å². The van der Waals surface area contributed by atoms with Crippen LogP contribution < -0.4 is 11.0 Å². The number of Topliss-reactive ketones (excluding diaryl/α,β-unsaturated/α-hetero) is 1. The van der Waals surface area contributed by atoms with Gasteiger partial charge in [-0.1, -0.05) is 29.5 Å². The molecule has 0 saturated carbocycles. The fraction of sp³-hybridized carbons (Fsp3) is 0.250. The number of anilines is 1. The number of rotatable bonds is 5. The molecule has 0 aliphatic heterocycles. The molecule has 0 aliphatic rings. The van der Waals surface area contributed by atoms with Crippen molar-refractivity contribution in [3.8, 4) is 0 Å². The Hall–Kier alpha value is -2.41. The first kappa shape index (κ1) is 17.0. The van der Waals surface area contributed by atoms with E-state index in [1.807, 2.05) is 31.2 Å². The summed E-state index contributed by atoms with van der Waals surface area (Å²) in [6.07, 6.45) is 0. The Bertz CT molecular complexity index is 797. The number of nitrogens with zero attached hydrogens (tertiary/aromatic N) is 1. The maximum atomic E-state index is 12.0. The first-order chi connectivity index (χ1) is 10.9. The molecular weight excluding hydrogens is 314 g/mol. The van der Waals surface area contributed by atoms with Crippen LogP contribution in [-0.2, 0) is 4.79 Å². The van der Waals surface area contributed by atoms with E-state index in [-0.39, 0.29) is 22.5 Å². The third-order valence-electron chi connectivity index (χ3n) is 3.11. The highest BCUT2D eigenvalue weighted by atomic mass is 32.2. The van der Waals surface area contributed by atoms with Crippen molar-refractivity contribution < 1.29 is 9.59 Å². The number of hydrogen-bond donors (Lipinski definition) is 2. The van der Waals surface area contributed by atoms with Crippen molar-refractivity contribution in [3.63, 3.8) is 0 Å². The summed E-state index contributed by atoms with van der Waals surface area (Å²) in [7, 11) is 0. The molecule has 1 aromatic heterocycles. The van der Waals surface area contributed by atoms with E-state index < -0.39 is 5.69 Å². The van der Waals surface area contributed by atoms with Gasteiger partial charge in [0.05, 0.1) is 11.3 Å². The lowest BCUT2D eigenvalue weighted by Crippen LogP contribution is -2.19. The number of thioether (sulfide) groups is 1. The zero-order valence-corrected chi connectivity index (χ0v) is 13.9. The molecule has 0 bridgehead atoms. The first-order valence-electron chi connectivity index (χ1n) is 6.98. The van der Waals surface area contributed by atoms with E-state index in [0.29, 0.717) is 16.9 Å². The van der Waals surface area contributed by atoms with Crippen molar-refractivity contribution in [1.82, 2.24) is 9.97 Å². The number of amides is 1. The number of carbonyl (C=O) groups excluding carboxylic acids is 2.